The van der Waals surface area contributed by atoms with Gasteiger partial charge in [0.25, 0.3) is 0 Å². The van der Waals surface area contributed by atoms with Gasteiger partial charge in [0.05, 0.1) is 18.3 Å². The second-order valence-electron chi connectivity index (χ2n) is 6.63. The lowest BCUT2D eigenvalue weighted by molar-refractivity contribution is 0.285. The minimum absolute atomic E-state index is 0.341. The average Bonchev–Trinajstić information content (AvgIpc) is 2.81. The number of nitrogens with zero attached hydrogens (tertiary/aromatic N) is 2. The molecular weight excluding hydrogens is 393 g/mol. The van der Waals surface area contributed by atoms with Gasteiger partial charge in [-0.15, -0.1) is 0 Å². The van der Waals surface area contributed by atoms with E-state index in [2.05, 4.69) is 15.3 Å². The highest BCUT2D eigenvalue weighted by molar-refractivity contribution is 5.93. The van der Waals surface area contributed by atoms with Crippen molar-refractivity contribution in [2.75, 3.05) is 12.4 Å². The minimum atomic E-state index is -0.341. The molecule has 1 heterocycles. The molecule has 0 atom stereocenters. The molecule has 160 valence electrons. The Bertz CT molecular complexity index is 1150. The third-order valence-corrected chi connectivity index (χ3v) is 4.54. The molecule has 0 amide bonds. The first-order valence-corrected chi connectivity index (χ1v) is 10.2. The van der Waals surface area contributed by atoms with Crippen molar-refractivity contribution in [2.24, 2.45) is 0 Å². The molecule has 0 aliphatic carbocycles. The molecule has 0 aliphatic rings. The summed E-state index contributed by atoms with van der Waals surface area (Å²) in [5.41, 5.74) is 2.91. The Hall–Kier alpha value is -3.67. The predicted octanol–water partition coefficient (Wildman–Crippen LogP) is 6.43. The van der Waals surface area contributed by atoms with Gasteiger partial charge in [0, 0.05) is 11.5 Å². The normalized spacial score (nSPS) is 10.2. The number of fused-ring (bicyclic) bond motifs is 1. The highest BCUT2D eigenvalue weighted by atomic mass is 19.1. The molecule has 4 rings (SSSR count). The summed E-state index contributed by atoms with van der Waals surface area (Å²) in [5, 5.41) is 3.75. The summed E-state index contributed by atoms with van der Waals surface area (Å²) in [7, 11) is 1.58. The fourth-order valence-corrected chi connectivity index (χ4v) is 3.02. The van der Waals surface area contributed by atoms with Crippen LogP contribution in [0.2, 0.25) is 0 Å². The van der Waals surface area contributed by atoms with Crippen LogP contribution in [0, 0.1) is 12.7 Å². The molecule has 0 saturated heterocycles. The Morgan fingerprint density at radius 2 is 1.71 bits per heavy atom. The standard InChI is InChI=1S/C23H20FN3O2.C2H6/c1-15-8-9-19(18(24)10-15)27-23-17-11-21(28-2)22(12-20(17)25-14-26-23)29-13-16-6-4-3-5-7-16;1-2/h3-12,14H,13H2,1-2H3,(H,25,26,27);1-2H3. The van der Waals surface area contributed by atoms with E-state index in [1.54, 1.807) is 25.3 Å². The number of benzene rings is 3. The van der Waals surface area contributed by atoms with E-state index in [0.717, 1.165) is 11.1 Å². The first-order valence-electron chi connectivity index (χ1n) is 10.2. The van der Waals surface area contributed by atoms with Gasteiger partial charge in [0.1, 0.15) is 24.6 Å². The molecule has 1 aromatic heterocycles. The molecule has 5 nitrogen and oxygen atoms in total. The smallest absolute Gasteiger partial charge is 0.163 e. The van der Waals surface area contributed by atoms with Gasteiger partial charge in [0.2, 0.25) is 0 Å². The van der Waals surface area contributed by atoms with E-state index in [9.17, 15) is 4.39 Å². The largest absolute Gasteiger partial charge is 0.493 e. The zero-order chi connectivity index (χ0) is 22.2. The summed E-state index contributed by atoms with van der Waals surface area (Å²) in [5.74, 6) is 1.28. The number of hydrogen-bond acceptors (Lipinski definition) is 5. The van der Waals surface area contributed by atoms with Crippen molar-refractivity contribution in [3.05, 3.63) is 83.9 Å². The topological polar surface area (TPSA) is 56.3 Å². The summed E-state index contributed by atoms with van der Waals surface area (Å²) >= 11 is 0. The number of rotatable bonds is 6. The van der Waals surface area contributed by atoms with Crippen molar-refractivity contribution in [3.8, 4) is 11.5 Å². The van der Waals surface area contributed by atoms with Crippen LogP contribution in [0.3, 0.4) is 0 Å². The van der Waals surface area contributed by atoms with Crippen LogP contribution in [0.15, 0.2) is 67.0 Å². The van der Waals surface area contributed by atoms with Gasteiger partial charge in [0.15, 0.2) is 11.5 Å². The Kier molecular flexibility index (Phi) is 7.38. The van der Waals surface area contributed by atoms with Crippen LogP contribution in [-0.2, 0) is 6.61 Å². The number of methoxy groups -OCH3 is 1. The van der Waals surface area contributed by atoms with Crippen LogP contribution in [0.4, 0.5) is 15.9 Å². The van der Waals surface area contributed by atoms with Crippen LogP contribution in [-0.4, -0.2) is 17.1 Å². The van der Waals surface area contributed by atoms with Crippen molar-refractivity contribution < 1.29 is 13.9 Å². The van der Waals surface area contributed by atoms with Gasteiger partial charge < -0.3 is 14.8 Å². The maximum absolute atomic E-state index is 14.3. The third kappa shape index (κ3) is 5.28. The lowest BCUT2D eigenvalue weighted by Gasteiger charge is -2.14. The third-order valence-electron chi connectivity index (χ3n) is 4.54. The molecule has 0 radical (unpaired) electrons. The summed E-state index contributed by atoms with van der Waals surface area (Å²) in [4.78, 5) is 8.61. The van der Waals surface area contributed by atoms with Crippen molar-refractivity contribution >= 4 is 22.4 Å². The minimum Gasteiger partial charge on any atom is -0.493 e. The van der Waals surface area contributed by atoms with E-state index in [1.807, 2.05) is 57.2 Å². The number of nitrogens with one attached hydrogen (secondary N) is 1. The Balaban J connectivity index is 0.00000132. The summed E-state index contributed by atoms with van der Waals surface area (Å²) < 4.78 is 25.7. The Morgan fingerprint density at radius 1 is 0.935 bits per heavy atom. The van der Waals surface area contributed by atoms with Gasteiger partial charge >= 0.3 is 0 Å². The maximum Gasteiger partial charge on any atom is 0.163 e. The van der Waals surface area contributed by atoms with E-state index in [0.29, 0.717) is 40.5 Å². The monoisotopic (exact) mass is 419 g/mol. The highest BCUT2D eigenvalue weighted by Gasteiger charge is 2.13. The number of anilines is 2. The maximum atomic E-state index is 14.3. The molecule has 3 aromatic carbocycles. The fourth-order valence-electron chi connectivity index (χ4n) is 3.02. The molecule has 1 N–H and O–H groups in total. The van der Waals surface area contributed by atoms with Crippen LogP contribution in [0.25, 0.3) is 10.9 Å². The van der Waals surface area contributed by atoms with Crippen LogP contribution < -0.4 is 14.8 Å². The van der Waals surface area contributed by atoms with E-state index in [1.165, 1.54) is 12.4 Å². The number of aryl methyl sites for hydroxylation is 1. The Morgan fingerprint density at radius 3 is 2.42 bits per heavy atom. The van der Waals surface area contributed by atoms with Gasteiger partial charge in [-0.05, 0) is 36.2 Å². The lowest BCUT2D eigenvalue weighted by Crippen LogP contribution is -2.01. The number of ether oxygens (including phenoxy) is 2. The SMILES string of the molecule is CC.COc1cc2c(Nc3ccc(C)cc3F)ncnc2cc1OCc1ccccc1. The predicted molar refractivity (Wildman–Crippen MR) is 123 cm³/mol. The lowest BCUT2D eigenvalue weighted by atomic mass is 10.2. The summed E-state index contributed by atoms with van der Waals surface area (Å²) in [6.45, 7) is 6.25. The Labute approximate surface area is 181 Å². The first kappa shape index (κ1) is 22.0. The molecular formula is C25H26FN3O2. The zero-order valence-corrected chi connectivity index (χ0v) is 18.1. The van der Waals surface area contributed by atoms with Crippen LogP contribution in [0.5, 0.6) is 11.5 Å². The molecule has 6 heteroatoms. The van der Waals surface area contributed by atoms with Crippen LogP contribution >= 0.6 is 0 Å². The zero-order valence-electron chi connectivity index (χ0n) is 18.1. The molecule has 0 bridgehead atoms. The second kappa shape index (κ2) is 10.4. The van der Waals surface area contributed by atoms with E-state index < -0.39 is 0 Å². The average molecular weight is 420 g/mol. The first-order chi connectivity index (χ1) is 15.1. The van der Waals surface area contributed by atoms with Crippen molar-refractivity contribution in [1.82, 2.24) is 9.97 Å². The fraction of sp³-hybridized carbons (Fsp3) is 0.200. The molecule has 31 heavy (non-hydrogen) atoms. The molecule has 0 aliphatic heterocycles. The van der Waals surface area contributed by atoms with Gasteiger partial charge in [-0.1, -0.05) is 50.2 Å². The molecule has 4 aromatic rings. The summed E-state index contributed by atoms with van der Waals surface area (Å²) in [6.07, 6.45) is 1.43. The van der Waals surface area contributed by atoms with Gasteiger partial charge in [-0.2, -0.15) is 0 Å². The van der Waals surface area contributed by atoms with E-state index >= 15 is 0 Å². The van der Waals surface area contributed by atoms with E-state index in [4.69, 9.17) is 9.47 Å². The van der Waals surface area contributed by atoms with Crippen molar-refractivity contribution in [2.45, 2.75) is 27.4 Å². The number of aromatic nitrogens is 2. The summed E-state index contributed by atoms with van der Waals surface area (Å²) in [6, 6.07) is 18.5. The van der Waals surface area contributed by atoms with Crippen LogP contribution in [0.1, 0.15) is 25.0 Å². The number of hydrogen-bond donors (Lipinski definition) is 1. The molecule has 0 unspecified atom stereocenters. The molecule has 0 spiro atoms. The number of halogens is 1. The van der Waals surface area contributed by atoms with Crippen molar-refractivity contribution in [1.29, 1.82) is 0 Å². The van der Waals surface area contributed by atoms with Gasteiger partial charge in [-0.25, -0.2) is 14.4 Å². The quantitative estimate of drug-likeness (QED) is 0.390. The van der Waals surface area contributed by atoms with Gasteiger partial charge in [-0.3, -0.25) is 0 Å². The molecule has 0 fully saturated rings. The van der Waals surface area contributed by atoms with Crippen molar-refractivity contribution in [3.63, 3.8) is 0 Å². The highest BCUT2D eigenvalue weighted by Crippen LogP contribution is 2.35. The molecule has 0 saturated carbocycles. The second-order valence-corrected chi connectivity index (χ2v) is 6.63. The van der Waals surface area contributed by atoms with E-state index in [-0.39, 0.29) is 5.82 Å².